The third-order valence-corrected chi connectivity index (χ3v) is 6.01. The Morgan fingerprint density at radius 3 is 2.50 bits per heavy atom. The lowest BCUT2D eigenvalue weighted by Crippen LogP contribution is -2.36. The second-order valence-electron chi connectivity index (χ2n) is 8.03. The highest BCUT2D eigenvalue weighted by molar-refractivity contribution is 5.86. The molecule has 6 heteroatoms. The molecule has 1 amide bonds. The highest BCUT2D eigenvalue weighted by Crippen LogP contribution is 2.38. The number of fused-ring (bicyclic) bond motifs is 1. The topological polar surface area (TPSA) is 25.2 Å². The van der Waals surface area contributed by atoms with Crippen LogP contribution >= 0.6 is 0 Å². The highest BCUT2D eigenvalue weighted by Gasteiger charge is 2.32. The smallest absolute Gasteiger partial charge is 0.350 e. The zero-order valence-corrected chi connectivity index (χ0v) is 17.0. The average molecular weight is 414 g/mol. The van der Waals surface area contributed by atoms with Crippen LogP contribution in [0.5, 0.6) is 0 Å². The van der Waals surface area contributed by atoms with Crippen molar-refractivity contribution in [2.45, 2.75) is 37.8 Å². The third kappa shape index (κ3) is 4.09. The summed E-state index contributed by atoms with van der Waals surface area (Å²) in [4.78, 5) is 14.9. The number of halogens is 3. The number of amides is 1. The number of carbonyl (C=O) groups excluding carboxylic acids is 1. The second kappa shape index (κ2) is 8.17. The van der Waals surface area contributed by atoms with Crippen molar-refractivity contribution in [3.63, 3.8) is 0 Å². The lowest BCUT2D eigenvalue weighted by Gasteiger charge is -2.29. The molecule has 2 heterocycles. The number of carbonyl (C=O) groups is 1. The van der Waals surface area contributed by atoms with Crippen molar-refractivity contribution in [3.8, 4) is 0 Å². The number of likely N-dealkylation sites (tertiary alicyclic amines) is 1. The Labute approximate surface area is 174 Å². The summed E-state index contributed by atoms with van der Waals surface area (Å²) in [5, 5.41) is 0.967. The molecule has 0 radical (unpaired) electrons. The molecule has 1 saturated heterocycles. The Morgan fingerprint density at radius 2 is 1.77 bits per heavy atom. The molecule has 1 atom stereocenters. The van der Waals surface area contributed by atoms with E-state index in [4.69, 9.17) is 0 Å². The Balaban J connectivity index is 1.78. The number of nitrogens with zero attached hydrogens (tertiary/aromatic N) is 2. The molecule has 0 saturated carbocycles. The van der Waals surface area contributed by atoms with Gasteiger partial charge in [-0.1, -0.05) is 36.4 Å². The van der Waals surface area contributed by atoms with Gasteiger partial charge in [-0.25, -0.2) is 0 Å². The Bertz CT molecular complexity index is 1050. The molecule has 0 aliphatic carbocycles. The van der Waals surface area contributed by atoms with E-state index in [1.807, 2.05) is 47.0 Å². The molecule has 1 unspecified atom stereocenters. The molecule has 1 fully saturated rings. The van der Waals surface area contributed by atoms with Gasteiger partial charge in [0.2, 0.25) is 5.91 Å². The number of rotatable bonds is 4. The number of benzene rings is 2. The summed E-state index contributed by atoms with van der Waals surface area (Å²) >= 11 is 0. The van der Waals surface area contributed by atoms with Crippen LogP contribution in [0.15, 0.2) is 54.7 Å². The van der Waals surface area contributed by atoms with Gasteiger partial charge < -0.3 is 9.47 Å². The molecular formula is C24H25F3N2O. The first kappa shape index (κ1) is 20.5. The van der Waals surface area contributed by atoms with E-state index < -0.39 is 17.7 Å². The number of para-hydroxylation sites is 1. The number of alkyl halides is 3. The van der Waals surface area contributed by atoms with E-state index in [2.05, 4.69) is 0 Å². The molecule has 3 aromatic rings. The van der Waals surface area contributed by atoms with E-state index in [0.29, 0.717) is 5.56 Å². The predicted octanol–water partition coefficient (Wildman–Crippen LogP) is 5.73. The minimum Gasteiger partial charge on any atom is -0.350 e. The minimum atomic E-state index is -4.42. The Kier molecular flexibility index (Phi) is 5.58. The number of aromatic nitrogens is 1. The molecule has 1 aliphatic heterocycles. The largest absolute Gasteiger partial charge is 0.416 e. The van der Waals surface area contributed by atoms with Crippen molar-refractivity contribution in [1.29, 1.82) is 0 Å². The van der Waals surface area contributed by atoms with E-state index >= 15 is 0 Å². The molecule has 158 valence electrons. The van der Waals surface area contributed by atoms with Crippen molar-refractivity contribution in [2.75, 3.05) is 13.1 Å². The molecule has 0 spiro atoms. The molecule has 0 N–H and O–H groups in total. The lowest BCUT2D eigenvalue weighted by atomic mass is 9.86. The van der Waals surface area contributed by atoms with Crippen molar-refractivity contribution >= 4 is 16.8 Å². The maximum Gasteiger partial charge on any atom is 0.416 e. The molecule has 0 bridgehead atoms. The minimum absolute atomic E-state index is 0.00467. The molecule has 1 aromatic heterocycles. The zero-order chi connectivity index (χ0) is 21.3. The zero-order valence-electron chi connectivity index (χ0n) is 17.0. The second-order valence-corrected chi connectivity index (χ2v) is 8.03. The standard InChI is InChI=1S/C24H25F3N2O/c1-28-16-21(19-10-3-4-11-22(19)28)20(15-23(30)29-12-5-2-6-13-29)17-8-7-9-18(14-17)24(25,26)27/h3-4,7-11,14,16,20H,2,5-6,12-13,15H2,1H3. The SMILES string of the molecule is Cn1cc(C(CC(=O)N2CCCCC2)c2cccc(C(F)(F)F)c2)c2ccccc21. The van der Waals surface area contributed by atoms with Crippen molar-refractivity contribution < 1.29 is 18.0 Å². The molecule has 4 rings (SSSR count). The molecule has 30 heavy (non-hydrogen) atoms. The molecule has 2 aromatic carbocycles. The van der Waals surface area contributed by atoms with Gasteiger partial charge >= 0.3 is 6.18 Å². The van der Waals surface area contributed by atoms with Gasteiger partial charge in [0.05, 0.1) is 5.56 Å². The van der Waals surface area contributed by atoms with Gasteiger partial charge in [-0.05, 0) is 42.5 Å². The van der Waals surface area contributed by atoms with Gasteiger partial charge in [0.25, 0.3) is 0 Å². The van der Waals surface area contributed by atoms with Crippen LogP contribution in [-0.2, 0) is 18.0 Å². The highest BCUT2D eigenvalue weighted by atomic mass is 19.4. The van der Waals surface area contributed by atoms with Gasteiger partial charge in [0.1, 0.15) is 0 Å². The summed E-state index contributed by atoms with van der Waals surface area (Å²) in [6.07, 6.45) is 0.761. The van der Waals surface area contributed by atoms with Crippen LogP contribution < -0.4 is 0 Å². The van der Waals surface area contributed by atoms with E-state index in [1.54, 1.807) is 6.07 Å². The van der Waals surface area contributed by atoms with Crippen molar-refractivity contribution in [1.82, 2.24) is 9.47 Å². The fraction of sp³-hybridized carbons (Fsp3) is 0.375. The van der Waals surface area contributed by atoms with Gasteiger partial charge in [0, 0.05) is 49.6 Å². The van der Waals surface area contributed by atoms with Gasteiger partial charge in [0.15, 0.2) is 0 Å². The maximum absolute atomic E-state index is 13.4. The number of aryl methyl sites for hydroxylation is 1. The van der Waals surface area contributed by atoms with Crippen LogP contribution in [0.25, 0.3) is 10.9 Å². The normalized spacial score (nSPS) is 16.1. The summed E-state index contributed by atoms with van der Waals surface area (Å²) in [6, 6.07) is 13.2. The van der Waals surface area contributed by atoms with E-state index in [-0.39, 0.29) is 12.3 Å². The summed E-state index contributed by atoms with van der Waals surface area (Å²) in [5.41, 5.74) is 1.72. The lowest BCUT2D eigenvalue weighted by molar-refractivity contribution is -0.137. The fourth-order valence-electron chi connectivity index (χ4n) is 4.44. The first-order valence-electron chi connectivity index (χ1n) is 10.3. The number of piperidine rings is 1. The summed E-state index contributed by atoms with van der Waals surface area (Å²) in [7, 11) is 1.92. The summed E-state index contributed by atoms with van der Waals surface area (Å²) in [6.45, 7) is 1.45. The van der Waals surface area contributed by atoms with E-state index in [1.165, 1.54) is 12.1 Å². The quantitative estimate of drug-likeness (QED) is 0.535. The maximum atomic E-state index is 13.4. The van der Waals surface area contributed by atoms with Crippen LogP contribution in [0.1, 0.15) is 48.3 Å². The van der Waals surface area contributed by atoms with Crippen LogP contribution in [-0.4, -0.2) is 28.5 Å². The molecule has 1 aliphatic rings. The Morgan fingerprint density at radius 1 is 1.03 bits per heavy atom. The molecular weight excluding hydrogens is 389 g/mol. The van der Waals surface area contributed by atoms with Crippen molar-refractivity contribution in [2.24, 2.45) is 7.05 Å². The first-order chi connectivity index (χ1) is 14.3. The summed E-state index contributed by atoms with van der Waals surface area (Å²) < 4.78 is 42.1. The van der Waals surface area contributed by atoms with Gasteiger partial charge in [-0.3, -0.25) is 4.79 Å². The Hall–Kier alpha value is -2.76. The molecule has 3 nitrogen and oxygen atoms in total. The van der Waals surface area contributed by atoms with E-state index in [0.717, 1.165) is 54.9 Å². The van der Waals surface area contributed by atoms with Gasteiger partial charge in [-0.2, -0.15) is 13.2 Å². The summed E-state index contributed by atoms with van der Waals surface area (Å²) in [5.74, 6) is -0.433. The first-order valence-corrected chi connectivity index (χ1v) is 10.3. The van der Waals surface area contributed by atoms with Crippen LogP contribution in [0.4, 0.5) is 13.2 Å². The van der Waals surface area contributed by atoms with Crippen LogP contribution in [0, 0.1) is 0 Å². The third-order valence-electron chi connectivity index (χ3n) is 6.01. The average Bonchev–Trinajstić information content (AvgIpc) is 3.08. The van der Waals surface area contributed by atoms with Crippen LogP contribution in [0.2, 0.25) is 0 Å². The van der Waals surface area contributed by atoms with Crippen LogP contribution in [0.3, 0.4) is 0 Å². The predicted molar refractivity (Wildman–Crippen MR) is 111 cm³/mol. The monoisotopic (exact) mass is 414 g/mol. The fourth-order valence-corrected chi connectivity index (χ4v) is 4.44. The van der Waals surface area contributed by atoms with Gasteiger partial charge in [-0.15, -0.1) is 0 Å². The van der Waals surface area contributed by atoms with Crippen molar-refractivity contribution in [3.05, 3.63) is 71.4 Å². The van der Waals surface area contributed by atoms with E-state index in [9.17, 15) is 18.0 Å². The number of hydrogen-bond acceptors (Lipinski definition) is 1. The number of hydrogen-bond donors (Lipinski definition) is 0.